The van der Waals surface area contributed by atoms with Gasteiger partial charge < -0.3 is 4.79 Å². The molecule has 0 fully saturated rings. The van der Waals surface area contributed by atoms with Gasteiger partial charge in [0.05, 0.1) is 18.0 Å². The van der Waals surface area contributed by atoms with E-state index in [4.69, 9.17) is 16.5 Å². The Morgan fingerprint density at radius 2 is 1.90 bits per heavy atom. The van der Waals surface area contributed by atoms with E-state index in [1.165, 1.54) is 0 Å². The summed E-state index contributed by atoms with van der Waals surface area (Å²) >= 11 is 0. The van der Waals surface area contributed by atoms with E-state index in [1.807, 2.05) is 43.5 Å². The maximum absolute atomic E-state index is 12.7. The number of carbonyl (C=O) groups is 1. The molecular weight excluding hydrogens is 386 g/mol. The van der Waals surface area contributed by atoms with Crippen molar-refractivity contribution in [3.8, 4) is 22.6 Å². The standard InChI is InChI=1S/C25H21N5O/c1-15-19-7-6-18-21(17-5-4-10-28-14-17)29-24(16-8-11-27-12-9-16)30-23(18)25(19,2)13-20(26-3)22(15)31/h4-5,8-15,19H,6-7H2,1-2H3/t15-,19-,25-/m1/s1. The zero-order valence-electron chi connectivity index (χ0n) is 17.4. The van der Waals surface area contributed by atoms with Gasteiger partial charge in [-0.15, -0.1) is 0 Å². The molecule has 3 heterocycles. The highest BCUT2D eigenvalue weighted by Crippen LogP contribution is 2.51. The van der Waals surface area contributed by atoms with Crippen molar-refractivity contribution in [1.82, 2.24) is 19.9 Å². The van der Waals surface area contributed by atoms with Gasteiger partial charge in [0.2, 0.25) is 5.70 Å². The van der Waals surface area contributed by atoms with Crippen LogP contribution in [-0.4, -0.2) is 25.7 Å². The molecule has 0 aromatic carbocycles. The maximum atomic E-state index is 12.7. The number of fused-ring (bicyclic) bond motifs is 3. The van der Waals surface area contributed by atoms with Gasteiger partial charge in [-0.3, -0.25) is 9.97 Å². The zero-order valence-corrected chi connectivity index (χ0v) is 17.4. The minimum absolute atomic E-state index is 0.0585. The first kappa shape index (κ1) is 19.3. The van der Waals surface area contributed by atoms with E-state index in [0.717, 1.165) is 40.9 Å². The number of allylic oxidation sites excluding steroid dienone is 2. The third kappa shape index (κ3) is 2.97. The van der Waals surface area contributed by atoms with Crippen molar-refractivity contribution in [3.63, 3.8) is 0 Å². The van der Waals surface area contributed by atoms with Gasteiger partial charge in [-0.1, -0.05) is 19.9 Å². The van der Waals surface area contributed by atoms with Crippen molar-refractivity contribution in [1.29, 1.82) is 0 Å². The summed E-state index contributed by atoms with van der Waals surface area (Å²) in [7, 11) is 0. The van der Waals surface area contributed by atoms with Gasteiger partial charge in [-0.25, -0.2) is 14.8 Å². The van der Waals surface area contributed by atoms with E-state index in [9.17, 15) is 4.79 Å². The van der Waals surface area contributed by atoms with Crippen LogP contribution in [0.3, 0.4) is 0 Å². The molecule has 0 radical (unpaired) electrons. The topological polar surface area (TPSA) is 73.0 Å². The number of Topliss-reactive ketones (excluding diaryl/α,β-unsaturated/α-hetero) is 1. The molecule has 6 nitrogen and oxygen atoms in total. The number of ketones is 1. The molecule has 3 atom stereocenters. The Bertz CT molecular complexity index is 1250. The first-order valence-electron chi connectivity index (χ1n) is 10.4. The molecule has 0 spiro atoms. The molecule has 0 bridgehead atoms. The molecule has 0 saturated heterocycles. The van der Waals surface area contributed by atoms with Crippen LogP contribution in [0.1, 0.15) is 31.5 Å². The highest BCUT2D eigenvalue weighted by atomic mass is 16.1. The quantitative estimate of drug-likeness (QED) is 0.587. The van der Waals surface area contributed by atoms with Crippen molar-refractivity contribution in [2.24, 2.45) is 11.8 Å². The first-order valence-corrected chi connectivity index (χ1v) is 10.4. The lowest BCUT2D eigenvalue weighted by Crippen LogP contribution is -2.46. The van der Waals surface area contributed by atoms with E-state index >= 15 is 0 Å². The summed E-state index contributed by atoms with van der Waals surface area (Å²) in [6.45, 7) is 11.6. The van der Waals surface area contributed by atoms with Crippen molar-refractivity contribution >= 4 is 5.78 Å². The van der Waals surface area contributed by atoms with Crippen LogP contribution >= 0.6 is 0 Å². The molecule has 2 aliphatic rings. The predicted octanol–water partition coefficient (Wildman–Crippen LogP) is 4.44. The average molecular weight is 407 g/mol. The summed E-state index contributed by atoms with van der Waals surface area (Å²) in [6.07, 6.45) is 10.5. The lowest BCUT2D eigenvalue weighted by atomic mass is 9.58. The van der Waals surface area contributed by atoms with Gasteiger partial charge in [0.1, 0.15) is 0 Å². The molecule has 3 aromatic rings. The van der Waals surface area contributed by atoms with Crippen molar-refractivity contribution in [2.45, 2.75) is 32.1 Å². The van der Waals surface area contributed by atoms with Gasteiger partial charge in [0, 0.05) is 52.8 Å². The second kappa shape index (κ2) is 7.21. The number of hydrogen-bond acceptors (Lipinski definition) is 5. The maximum Gasteiger partial charge on any atom is 0.226 e. The largest absolute Gasteiger partial charge is 0.308 e. The third-order valence-electron chi connectivity index (χ3n) is 6.69. The molecule has 2 aliphatic carbocycles. The van der Waals surface area contributed by atoms with Crippen LogP contribution in [0, 0.1) is 18.4 Å². The van der Waals surface area contributed by atoms with E-state index < -0.39 is 5.41 Å². The zero-order chi connectivity index (χ0) is 21.6. The van der Waals surface area contributed by atoms with Crippen molar-refractivity contribution in [3.05, 3.63) is 83.5 Å². The number of rotatable bonds is 2. The summed E-state index contributed by atoms with van der Waals surface area (Å²) in [4.78, 5) is 34.6. The summed E-state index contributed by atoms with van der Waals surface area (Å²) in [6, 6.07) is 7.70. The fourth-order valence-corrected chi connectivity index (χ4v) is 5.12. The second-order valence-electron chi connectivity index (χ2n) is 8.42. The molecule has 0 saturated carbocycles. The fraction of sp³-hybridized carbons (Fsp3) is 0.280. The molecule has 0 N–H and O–H groups in total. The SMILES string of the molecule is [C-]#[N+]C1=C[C@@]2(C)c3nc(-c4ccncc4)nc(-c4cccnc4)c3CC[C@@H]2[C@@H](C)C1=O. The average Bonchev–Trinajstić information content (AvgIpc) is 2.82. The highest BCUT2D eigenvalue weighted by molar-refractivity contribution is 6.00. The number of aromatic nitrogens is 4. The fourth-order valence-electron chi connectivity index (χ4n) is 5.12. The monoisotopic (exact) mass is 407 g/mol. The Balaban J connectivity index is 1.81. The number of carbonyl (C=O) groups excluding carboxylic acids is 1. The Kier molecular flexibility index (Phi) is 4.48. The van der Waals surface area contributed by atoms with Crippen LogP contribution in [-0.2, 0) is 16.6 Å². The minimum atomic E-state index is -0.511. The molecule has 31 heavy (non-hydrogen) atoms. The van der Waals surface area contributed by atoms with E-state index in [-0.39, 0.29) is 23.3 Å². The van der Waals surface area contributed by atoms with Gasteiger partial charge >= 0.3 is 0 Å². The smallest absolute Gasteiger partial charge is 0.226 e. The normalized spacial score (nSPS) is 24.5. The van der Waals surface area contributed by atoms with Crippen LogP contribution < -0.4 is 0 Å². The molecule has 5 rings (SSSR count). The first-order chi connectivity index (χ1) is 15.0. The van der Waals surface area contributed by atoms with Crippen molar-refractivity contribution in [2.75, 3.05) is 0 Å². The Morgan fingerprint density at radius 3 is 2.61 bits per heavy atom. The summed E-state index contributed by atoms with van der Waals surface area (Å²) in [5, 5.41) is 0. The molecule has 0 unspecified atom stereocenters. The number of hydrogen-bond donors (Lipinski definition) is 0. The number of pyridine rings is 2. The van der Waals surface area contributed by atoms with Crippen molar-refractivity contribution < 1.29 is 4.79 Å². The Hall–Kier alpha value is -3.72. The Labute approximate surface area is 181 Å². The second-order valence-corrected chi connectivity index (χ2v) is 8.42. The molecule has 0 aliphatic heterocycles. The van der Waals surface area contributed by atoms with Gasteiger partial charge in [-0.2, -0.15) is 0 Å². The molecule has 6 heteroatoms. The van der Waals surface area contributed by atoms with Crippen LogP contribution in [0.15, 0.2) is 60.8 Å². The predicted molar refractivity (Wildman–Crippen MR) is 117 cm³/mol. The third-order valence-corrected chi connectivity index (χ3v) is 6.69. The molecule has 3 aromatic heterocycles. The lowest BCUT2D eigenvalue weighted by Gasteiger charge is -2.46. The molecular formula is C25H21N5O. The van der Waals surface area contributed by atoms with Crippen LogP contribution in [0.25, 0.3) is 27.5 Å². The molecule has 0 amide bonds. The van der Waals surface area contributed by atoms with Crippen LogP contribution in [0.4, 0.5) is 0 Å². The summed E-state index contributed by atoms with van der Waals surface area (Å²) < 4.78 is 0. The van der Waals surface area contributed by atoms with E-state index in [0.29, 0.717) is 5.82 Å². The molecule has 152 valence electrons. The summed E-state index contributed by atoms with van der Waals surface area (Å²) in [5.41, 5.74) is 4.37. The minimum Gasteiger partial charge on any atom is -0.308 e. The Morgan fingerprint density at radius 1 is 1.10 bits per heavy atom. The van der Waals surface area contributed by atoms with Gasteiger partial charge in [0.15, 0.2) is 11.6 Å². The summed E-state index contributed by atoms with van der Waals surface area (Å²) in [5.74, 6) is 0.439. The highest BCUT2D eigenvalue weighted by Gasteiger charge is 2.49. The lowest BCUT2D eigenvalue weighted by molar-refractivity contribution is -0.121. The van der Waals surface area contributed by atoms with E-state index in [1.54, 1.807) is 18.6 Å². The number of nitrogens with zero attached hydrogens (tertiary/aromatic N) is 5. The van der Waals surface area contributed by atoms with Gasteiger partial charge in [0.25, 0.3) is 0 Å². The van der Waals surface area contributed by atoms with Gasteiger partial charge in [-0.05, 0) is 43.0 Å². The van der Waals surface area contributed by atoms with Crippen LogP contribution in [0.5, 0.6) is 0 Å². The van der Waals surface area contributed by atoms with E-state index in [2.05, 4.69) is 21.7 Å². The van der Waals surface area contributed by atoms with Crippen LogP contribution in [0.2, 0.25) is 0 Å².